The summed E-state index contributed by atoms with van der Waals surface area (Å²) in [5.74, 6) is 1.04. The lowest BCUT2D eigenvalue weighted by Crippen LogP contribution is -2.25. The van der Waals surface area contributed by atoms with E-state index < -0.39 is 0 Å². The molecule has 2 aromatic heterocycles. The van der Waals surface area contributed by atoms with Crippen LogP contribution in [0, 0.1) is 6.92 Å². The third-order valence-corrected chi connectivity index (χ3v) is 4.54. The summed E-state index contributed by atoms with van der Waals surface area (Å²) in [5.41, 5.74) is 4.53. The van der Waals surface area contributed by atoms with Crippen molar-refractivity contribution < 1.29 is 9.53 Å². The Morgan fingerprint density at radius 3 is 2.68 bits per heavy atom. The van der Waals surface area contributed by atoms with E-state index in [9.17, 15) is 4.79 Å². The van der Waals surface area contributed by atoms with E-state index in [2.05, 4.69) is 36.6 Å². The Kier molecular flexibility index (Phi) is 5.98. The van der Waals surface area contributed by atoms with Crippen LogP contribution in [0.1, 0.15) is 12.5 Å². The molecule has 0 aliphatic carbocycles. The molecule has 4 rings (SSSR count). The highest BCUT2D eigenvalue weighted by molar-refractivity contribution is 5.80. The number of ether oxygens (including phenoxy) is 1. The first-order valence-electron chi connectivity index (χ1n) is 9.85. The fourth-order valence-electron chi connectivity index (χ4n) is 3.11. The Morgan fingerprint density at radius 2 is 1.87 bits per heavy atom. The zero-order valence-corrected chi connectivity index (χ0v) is 17.3. The van der Waals surface area contributed by atoms with Gasteiger partial charge in [0.25, 0.3) is 0 Å². The minimum Gasteiger partial charge on any atom is -0.492 e. The van der Waals surface area contributed by atoms with Crippen molar-refractivity contribution in [1.29, 1.82) is 0 Å². The number of nitrogens with zero attached hydrogens (tertiary/aromatic N) is 4. The number of aryl methyl sites for hydroxylation is 1. The van der Waals surface area contributed by atoms with Crippen LogP contribution in [-0.2, 0) is 4.79 Å². The quantitative estimate of drug-likeness (QED) is 0.445. The third-order valence-electron chi connectivity index (χ3n) is 4.54. The molecule has 0 saturated carbocycles. The van der Waals surface area contributed by atoms with Gasteiger partial charge in [0, 0.05) is 48.2 Å². The van der Waals surface area contributed by atoms with Crippen molar-refractivity contribution in [2.75, 3.05) is 18.5 Å². The topological polar surface area (TPSA) is 102 Å². The average molecular weight is 414 g/mol. The lowest BCUT2D eigenvalue weighted by molar-refractivity contribution is -0.119. The molecule has 8 nitrogen and oxygen atoms in total. The number of aromatic nitrogens is 4. The van der Waals surface area contributed by atoms with Gasteiger partial charge in [0.05, 0.1) is 12.1 Å². The number of hydrogen-bond donors (Lipinski definition) is 2. The van der Waals surface area contributed by atoms with Crippen molar-refractivity contribution in [3.8, 4) is 16.9 Å². The number of fused-ring (bicyclic) bond motifs is 1. The molecule has 0 radical (unpaired) electrons. The first kappa shape index (κ1) is 20.2. The predicted molar refractivity (Wildman–Crippen MR) is 119 cm³/mol. The van der Waals surface area contributed by atoms with Gasteiger partial charge >= 0.3 is 0 Å². The van der Waals surface area contributed by atoms with E-state index in [4.69, 9.17) is 4.74 Å². The van der Waals surface area contributed by atoms with Crippen LogP contribution in [0.5, 0.6) is 5.75 Å². The number of benzene rings is 2. The van der Waals surface area contributed by atoms with Crippen molar-refractivity contribution in [3.05, 3.63) is 66.9 Å². The highest BCUT2D eigenvalue weighted by atomic mass is 16.5. The number of rotatable bonds is 7. The van der Waals surface area contributed by atoms with Gasteiger partial charge in [-0.05, 0) is 36.8 Å². The lowest BCUT2D eigenvalue weighted by Gasteiger charge is -2.13. The monoisotopic (exact) mass is 414 g/mol. The summed E-state index contributed by atoms with van der Waals surface area (Å²) in [4.78, 5) is 28.3. The maximum absolute atomic E-state index is 11.1. The van der Waals surface area contributed by atoms with Crippen LogP contribution in [-0.4, -0.2) is 39.0 Å². The summed E-state index contributed by atoms with van der Waals surface area (Å²) in [7, 11) is 0. The van der Waals surface area contributed by atoms with Gasteiger partial charge in [-0.2, -0.15) is 0 Å². The molecule has 0 aliphatic heterocycles. The normalized spacial score (nSPS) is 10.6. The molecule has 31 heavy (non-hydrogen) atoms. The van der Waals surface area contributed by atoms with Gasteiger partial charge < -0.3 is 15.4 Å². The summed E-state index contributed by atoms with van der Waals surface area (Å²) >= 11 is 0. The number of hydrogen-bond acceptors (Lipinski definition) is 7. The van der Waals surface area contributed by atoms with Crippen LogP contribution in [0.3, 0.4) is 0 Å². The molecule has 156 valence electrons. The summed E-state index contributed by atoms with van der Waals surface area (Å²) < 4.78 is 5.84. The Balaban J connectivity index is 1.61. The molecule has 0 aliphatic rings. The highest BCUT2D eigenvalue weighted by Gasteiger charge is 2.08. The Hall–Kier alpha value is -4.07. The molecule has 0 atom stereocenters. The van der Waals surface area contributed by atoms with E-state index in [1.165, 1.54) is 13.3 Å². The van der Waals surface area contributed by atoms with Crippen molar-refractivity contribution >= 4 is 28.4 Å². The minimum absolute atomic E-state index is 0.0928. The second kappa shape index (κ2) is 9.17. The number of anilines is 2. The van der Waals surface area contributed by atoms with Crippen LogP contribution in [0.15, 0.2) is 61.3 Å². The Morgan fingerprint density at radius 1 is 1.03 bits per heavy atom. The number of nitrogens with one attached hydrogen (secondary N) is 2. The summed E-state index contributed by atoms with van der Waals surface area (Å²) in [6, 6.07) is 11.8. The average Bonchev–Trinajstić information content (AvgIpc) is 2.77. The van der Waals surface area contributed by atoms with Gasteiger partial charge in [0.15, 0.2) is 0 Å². The van der Waals surface area contributed by atoms with Crippen LogP contribution >= 0.6 is 0 Å². The first-order valence-corrected chi connectivity index (χ1v) is 9.85. The molecule has 0 unspecified atom stereocenters. The highest BCUT2D eigenvalue weighted by Crippen LogP contribution is 2.29. The maximum Gasteiger partial charge on any atom is 0.227 e. The van der Waals surface area contributed by atoms with Crippen LogP contribution in [0.4, 0.5) is 11.6 Å². The molecule has 2 N–H and O–H groups in total. The molecular formula is C23H22N6O2. The van der Waals surface area contributed by atoms with Gasteiger partial charge in [0.1, 0.15) is 18.7 Å². The number of amides is 1. The minimum atomic E-state index is -0.0928. The fraction of sp³-hybridized carbons (Fsp3) is 0.174. The van der Waals surface area contributed by atoms with Gasteiger partial charge in [-0.1, -0.05) is 11.6 Å². The van der Waals surface area contributed by atoms with Crippen LogP contribution < -0.4 is 15.4 Å². The van der Waals surface area contributed by atoms with E-state index in [-0.39, 0.29) is 5.91 Å². The van der Waals surface area contributed by atoms with Gasteiger partial charge in [-0.25, -0.2) is 19.9 Å². The van der Waals surface area contributed by atoms with Crippen molar-refractivity contribution in [2.45, 2.75) is 13.8 Å². The second-order valence-corrected chi connectivity index (χ2v) is 7.09. The second-order valence-electron chi connectivity index (χ2n) is 7.09. The smallest absolute Gasteiger partial charge is 0.227 e. The van der Waals surface area contributed by atoms with E-state index in [0.717, 1.165) is 33.3 Å². The van der Waals surface area contributed by atoms with E-state index in [1.54, 1.807) is 18.6 Å². The van der Waals surface area contributed by atoms with Crippen molar-refractivity contribution in [1.82, 2.24) is 25.3 Å². The summed E-state index contributed by atoms with van der Waals surface area (Å²) in [6.07, 6.45) is 6.77. The third kappa shape index (κ3) is 5.30. The van der Waals surface area contributed by atoms with E-state index in [1.807, 2.05) is 37.3 Å². The molecular weight excluding hydrogens is 392 g/mol. The molecule has 0 bridgehead atoms. The Labute approximate surface area is 179 Å². The molecule has 2 heterocycles. The lowest BCUT2D eigenvalue weighted by atomic mass is 10.1. The fourth-order valence-corrected chi connectivity index (χ4v) is 3.11. The van der Waals surface area contributed by atoms with Gasteiger partial charge in [0.2, 0.25) is 11.9 Å². The summed E-state index contributed by atoms with van der Waals surface area (Å²) in [6.45, 7) is 4.28. The predicted octanol–water partition coefficient (Wildman–Crippen LogP) is 3.65. The zero-order chi connectivity index (χ0) is 21.6. The molecule has 4 aromatic rings. The first-order chi connectivity index (χ1) is 15.1. The molecule has 8 heteroatoms. The van der Waals surface area contributed by atoms with E-state index >= 15 is 0 Å². The standard InChI is InChI=1S/C23H22N6O2/c1-15-3-4-22-18(7-15)13-27-23(29-22)28-20-8-17(19-11-24-14-25-12-19)9-21(10-20)31-6-5-26-16(2)30/h3-4,7-14H,5-6H2,1-2H3,(H,26,30)(H,27,28,29). The largest absolute Gasteiger partial charge is 0.492 e. The van der Waals surface area contributed by atoms with Crippen LogP contribution in [0.2, 0.25) is 0 Å². The van der Waals surface area contributed by atoms with Crippen LogP contribution in [0.25, 0.3) is 22.0 Å². The van der Waals surface area contributed by atoms with Gasteiger partial charge in [-0.3, -0.25) is 4.79 Å². The van der Waals surface area contributed by atoms with Crippen molar-refractivity contribution in [2.24, 2.45) is 0 Å². The molecule has 1 amide bonds. The molecule has 0 spiro atoms. The van der Waals surface area contributed by atoms with Gasteiger partial charge in [-0.15, -0.1) is 0 Å². The van der Waals surface area contributed by atoms with E-state index in [0.29, 0.717) is 24.8 Å². The zero-order valence-electron chi connectivity index (χ0n) is 17.3. The summed E-state index contributed by atoms with van der Waals surface area (Å²) in [5, 5.41) is 6.96. The Bertz CT molecular complexity index is 1210. The SMILES string of the molecule is CC(=O)NCCOc1cc(Nc2ncc3cc(C)ccc3n2)cc(-c2cncnc2)c1. The molecule has 2 aromatic carbocycles. The number of carbonyl (C=O) groups excluding carboxylic acids is 1. The number of carbonyl (C=O) groups is 1. The molecule has 0 fully saturated rings. The molecule has 0 saturated heterocycles. The maximum atomic E-state index is 11.1. The van der Waals surface area contributed by atoms with Crippen molar-refractivity contribution in [3.63, 3.8) is 0 Å².